The minimum Gasteiger partial charge on any atom is -0.391 e. The molecule has 0 spiro atoms. The van der Waals surface area contributed by atoms with Crippen LogP contribution in [0.2, 0.25) is 0 Å². The van der Waals surface area contributed by atoms with Gasteiger partial charge in [-0.2, -0.15) is 0 Å². The molecule has 2 rings (SSSR count). The lowest BCUT2D eigenvalue weighted by Gasteiger charge is -2.44. The fourth-order valence-corrected chi connectivity index (χ4v) is 4.81. The minimum absolute atomic E-state index is 0.223. The molecule has 158 valence electrons. The fraction of sp³-hybridized carbons (Fsp3) is 0.944. The van der Waals surface area contributed by atoms with Crippen molar-refractivity contribution in [2.24, 2.45) is 5.92 Å². The van der Waals surface area contributed by atoms with Crippen molar-refractivity contribution < 1.29 is 30.0 Å². The van der Waals surface area contributed by atoms with E-state index in [0.717, 1.165) is 25.8 Å². The summed E-state index contributed by atoms with van der Waals surface area (Å²) in [6.45, 7) is 4.48. The molecule has 8 nitrogen and oxygen atoms in total. The predicted octanol–water partition coefficient (Wildman–Crippen LogP) is -0.857. The molecule has 0 bridgehead atoms. The Morgan fingerprint density at radius 2 is 1.96 bits per heavy atom. The van der Waals surface area contributed by atoms with E-state index in [9.17, 15) is 25.2 Å². The number of hydrogen-bond acceptors (Lipinski definition) is 8. The standard InChI is InChI=1S/C18H34N2O6S/c1-5-6-10-7-11(20(3)8-10)17(25)19-12(9(2)21)16-14(23)13(22)15(24)18(26-16)27-4/h9-16,18,21-24H,5-8H2,1-4H3,(H,19,25)/t9-,10-,11+,12-,13-,14+,15+,16+,18+/m0/s1. The van der Waals surface area contributed by atoms with Crippen molar-refractivity contribution in [2.45, 2.75) is 81.1 Å². The van der Waals surface area contributed by atoms with Gasteiger partial charge >= 0.3 is 0 Å². The second-order valence-electron chi connectivity index (χ2n) is 7.80. The summed E-state index contributed by atoms with van der Waals surface area (Å²) in [5.74, 6) is 0.245. The summed E-state index contributed by atoms with van der Waals surface area (Å²) in [5, 5.41) is 43.5. The van der Waals surface area contributed by atoms with Crippen molar-refractivity contribution in [3.8, 4) is 0 Å². The number of likely N-dealkylation sites (tertiary alicyclic amines) is 1. The van der Waals surface area contributed by atoms with E-state index in [1.165, 1.54) is 18.7 Å². The van der Waals surface area contributed by atoms with Gasteiger partial charge in [0.05, 0.1) is 18.2 Å². The number of aliphatic hydroxyl groups excluding tert-OH is 4. The van der Waals surface area contributed by atoms with E-state index in [2.05, 4.69) is 12.2 Å². The number of rotatable bonds is 7. The lowest BCUT2D eigenvalue weighted by Crippen LogP contribution is -2.65. The molecular formula is C18H34N2O6S. The monoisotopic (exact) mass is 406 g/mol. The van der Waals surface area contributed by atoms with Crippen LogP contribution < -0.4 is 5.32 Å². The van der Waals surface area contributed by atoms with Gasteiger partial charge in [0.15, 0.2) is 0 Å². The third-order valence-corrected chi connectivity index (χ3v) is 6.51. The molecule has 0 aromatic carbocycles. The molecule has 0 radical (unpaired) electrons. The van der Waals surface area contributed by atoms with Gasteiger partial charge in [-0.3, -0.25) is 9.69 Å². The molecule has 2 aliphatic rings. The maximum Gasteiger partial charge on any atom is 0.237 e. The number of aliphatic hydroxyl groups is 4. The number of thioether (sulfide) groups is 1. The Kier molecular flexibility index (Phi) is 8.35. The number of carbonyl (C=O) groups excluding carboxylic acids is 1. The SMILES string of the molecule is CCC[C@H]1C[C@H](C(=O)N[C@H]([C@H]2O[C@H](SC)[C@H](O)[C@@H](O)[C@H]2O)[C@H](C)O)N(C)C1. The van der Waals surface area contributed by atoms with Crippen LogP contribution in [0.5, 0.6) is 0 Å². The molecule has 27 heavy (non-hydrogen) atoms. The highest BCUT2D eigenvalue weighted by Crippen LogP contribution is 2.30. The molecular weight excluding hydrogens is 372 g/mol. The lowest BCUT2D eigenvalue weighted by atomic mass is 9.92. The van der Waals surface area contributed by atoms with Crippen LogP contribution in [0.3, 0.4) is 0 Å². The van der Waals surface area contributed by atoms with Crippen molar-refractivity contribution >= 4 is 17.7 Å². The number of hydrogen-bond donors (Lipinski definition) is 5. The van der Waals surface area contributed by atoms with E-state index in [-0.39, 0.29) is 11.9 Å². The van der Waals surface area contributed by atoms with E-state index >= 15 is 0 Å². The van der Waals surface area contributed by atoms with E-state index in [4.69, 9.17) is 4.74 Å². The van der Waals surface area contributed by atoms with Crippen LogP contribution in [0, 0.1) is 5.92 Å². The van der Waals surface area contributed by atoms with Gasteiger partial charge in [-0.25, -0.2) is 0 Å². The highest BCUT2D eigenvalue weighted by molar-refractivity contribution is 7.99. The largest absolute Gasteiger partial charge is 0.391 e. The first kappa shape index (κ1) is 22.9. The van der Waals surface area contributed by atoms with E-state index in [1.54, 1.807) is 6.26 Å². The lowest BCUT2D eigenvalue weighted by molar-refractivity contribution is -0.211. The second kappa shape index (κ2) is 9.87. The number of ether oxygens (including phenoxy) is 1. The zero-order valence-electron chi connectivity index (χ0n) is 16.5. The van der Waals surface area contributed by atoms with Gasteiger partial charge in [-0.15, -0.1) is 11.8 Å². The van der Waals surface area contributed by atoms with Crippen molar-refractivity contribution in [2.75, 3.05) is 19.8 Å². The smallest absolute Gasteiger partial charge is 0.237 e. The summed E-state index contributed by atoms with van der Waals surface area (Å²) in [6.07, 6.45) is -1.50. The number of nitrogens with one attached hydrogen (secondary N) is 1. The molecule has 2 saturated heterocycles. The Labute approximate surface area is 165 Å². The first-order valence-corrected chi connectivity index (χ1v) is 10.9. The van der Waals surface area contributed by atoms with Gasteiger partial charge in [-0.05, 0) is 39.0 Å². The molecule has 0 aromatic rings. The molecule has 1 amide bonds. The topological polar surface area (TPSA) is 122 Å². The normalized spacial score (nSPS) is 39.9. The molecule has 5 N–H and O–H groups in total. The Morgan fingerprint density at radius 1 is 1.30 bits per heavy atom. The molecule has 2 fully saturated rings. The summed E-state index contributed by atoms with van der Waals surface area (Å²) in [4.78, 5) is 14.9. The molecule has 2 heterocycles. The summed E-state index contributed by atoms with van der Waals surface area (Å²) in [5.41, 5.74) is -0.755. The second-order valence-corrected chi connectivity index (χ2v) is 8.73. The van der Waals surface area contributed by atoms with Gasteiger partial charge in [0.1, 0.15) is 29.9 Å². The van der Waals surface area contributed by atoms with Crippen LogP contribution in [0.15, 0.2) is 0 Å². The quantitative estimate of drug-likeness (QED) is 0.370. The highest BCUT2D eigenvalue weighted by atomic mass is 32.2. The molecule has 0 unspecified atom stereocenters. The third kappa shape index (κ3) is 5.14. The highest BCUT2D eigenvalue weighted by Gasteiger charge is 2.48. The van der Waals surface area contributed by atoms with Crippen molar-refractivity contribution in [3.63, 3.8) is 0 Å². The molecule has 0 saturated carbocycles. The van der Waals surface area contributed by atoms with E-state index < -0.39 is 42.0 Å². The maximum absolute atomic E-state index is 12.8. The van der Waals surface area contributed by atoms with Crippen LogP contribution in [-0.2, 0) is 9.53 Å². The predicted molar refractivity (Wildman–Crippen MR) is 103 cm³/mol. The van der Waals surface area contributed by atoms with Gasteiger partial charge in [0.25, 0.3) is 0 Å². The molecule has 0 aromatic heterocycles. The molecule has 9 heteroatoms. The molecule has 9 atom stereocenters. The first-order valence-electron chi connectivity index (χ1n) is 9.62. The van der Waals surface area contributed by atoms with Crippen LogP contribution in [0.1, 0.15) is 33.1 Å². The number of amides is 1. The zero-order valence-corrected chi connectivity index (χ0v) is 17.3. The zero-order chi connectivity index (χ0) is 20.3. The van der Waals surface area contributed by atoms with Crippen LogP contribution >= 0.6 is 11.8 Å². The van der Waals surface area contributed by atoms with Gasteiger partial charge in [0.2, 0.25) is 5.91 Å². The Balaban J connectivity index is 2.09. The summed E-state index contributed by atoms with van der Waals surface area (Å²) < 4.78 is 5.72. The maximum atomic E-state index is 12.8. The van der Waals surface area contributed by atoms with Gasteiger partial charge in [-0.1, -0.05) is 13.3 Å². The average molecular weight is 407 g/mol. The minimum atomic E-state index is -1.42. The first-order chi connectivity index (χ1) is 12.7. The number of likely N-dealkylation sites (N-methyl/N-ethyl adjacent to an activating group) is 1. The average Bonchev–Trinajstić information content (AvgIpc) is 2.99. The summed E-state index contributed by atoms with van der Waals surface area (Å²) >= 11 is 1.20. The number of carbonyl (C=O) groups is 1. The Hall–Kier alpha value is -0.420. The summed E-state index contributed by atoms with van der Waals surface area (Å²) in [6, 6.07) is -1.20. The van der Waals surface area contributed by atoms with Crippen molar-refractivity contribution in [1.29, 1.82) is 0 Å². The third-order valence-electron chi connectivity index (χ3n) is 5.66. The van der Waals surface area contributed by atoms with Gasteiger partial charge < -0.3 is 30.5 Å². The Bertz CT molecular complexity index is 494. The van der Waals surface area contributed by atoms with E-state index in [1.807, 2.05) is 11.9 Å². The molecule has 2 aliphatic heterocycles. The van der Waals surface area contributed by atoms with E-state index in [0.29, 0.717) is 5.92 Å². The van der Waals surface area contributed by atoms with Crippen molar-refractivity contribution in [3.05, 3.63) is 0 Å². The van der Waals surface area contributed by atoms with Crippen LogP contribution in [-0.4, -0.2) is 99.1 Å². The number of nitrogens with zero attached hydrogens (tertiary/aromatic N) is 1. The fourth-order valence-electron chi connectivity index (χ4n) is 4.13. The van der Waals surface area contributed by atoms with Gasteiger partial charge in [0, 0.05) is 6.54 Å². The summed E-state index contributed by atoms with van der Waals surface area (Å²) in [7, 11) is 1.91. The Morgan fingerprint density at radius 3 is 2.52 bits per heavy atom. The van der Waals surface area contributed by atoms with Crippen LogP contribution in [0.25, 0.3) is 0 Å². The van der Waals surface area contributed by atoms with Crippen molar-refractivity contribution in [1.82, 2.24) is 10.2 Å². The molecule has 0 aliphatic carbocycles. The van der Waals surface area contributed by atoms with Crippen LogP contribution in [0.4, 0.5) is 0 Å².